The highest BCUT2D eigenvalue weighted by Gasteiger charge is 2.17. The van der Waals surface area contributed by atoms with Crippen LogP contribution in [0.4, 0.5) is 5.69 Å². The van der Waals surface area contributed by atoms with Crippen LogP contribution < -0.4 is 5.43 Å². The number of nitro groups is 1. The maximum absolute atomic E-state index is 12.1. The SMILES string of the molecule is O=c1c(O)c(-c2cccc([N+](=O)[O-])c2)oc2ccccc12. The summed E-state index contributed by atoms with van der Waals surface area (Å²) in [6, 6.07) is 12.0. The average Bonchev–Trinajstić information content (AvgIpc) is 2.51. The molecular formula is C15H9NO5. The molecule has 3 aromatic rings. The molecule has 3 rings (SSSR count). The molecule has 0 saturated carbocycles. The van der Waals surface area contributed by atoms with E-state index in [4.69, 9.17) is 4.42 Å². The molecule has 1 heterocycles. The van der Waals surface area contributed by atoms with Gasteiger partial charge in [-0.1, -0.05) is 24.3 Å². The van der Waals surface area contributed by atoms with Gasteiger partial charge in [-0.3, -0.25) is 14.9 Å². The molecule has 0 spiro atoms. The second-order valence-electron chi connectivity index (χ2n) is 4.41. The lowest BCUT2D eigenvalue weighted by Gasteiger charge is -2.05. The maximum Gasteiger partial charge on any atom is 0.270 e. The third kappa shape index (κ3) is 2.12. The minimum absolute atomic E-state index is 0.0811. The van der Waals surface area contributed by atoms with Gasteiger partial charge in [0, 0.05) is 17.7 Å². The average molecular weight is 283 g/mol. The van der Waals surface area contributed by atoms with Crippen LogP contribution in [0.5, 0.6) is 5.75 Å². The van der Waals surface area contributed by atoms with E-state index in [-0.39, 0.29) is 22.4 Å². The predicted molar refractivity (Wildman–Crippen MR) is 76.2 cm³/mol. The molecule has 0 amide bonds. The fourth-order valence-electron chi connectivity index (χ4n) is 2.09. The van der Waals surface area contributed by atoms with E-state index in [1.54, 1.807) is 18.2 Å². The summed E-state index contributed by atoms with van der Waals surface area (Å²) in [5, 5.41) is 21.1. The summed E-state index contributed by atoms with van der Waals surface area (Å²) < 4.78 is 5.52. The summed E-state index contributed by atoms with van der Waals surface area (Å²) in [7, 11) is 0. The molecule has 6 heteroatoms. The van der Waals surface area contributed by atoms with Crippen molar-refractivity contribution in [2.75, 3.05) is 0 Å². The summed E-state index contributed by atoms with van der Waals surface area (Å²) in [4.78, 5) is 22.3. The van der Waals surface area contributed by atoms with Gasteiger partial charge < -0.3 is 9.52 Å². The number of nitro benzene ring substituents is 1. The van der Waals surface area contributed by atoms with E-state index in [1.165, 1.54) is 30.3 Å². The van der Waals surface area contributed by atoms with Crippen LogP contribution in [-0.4, -0.2) is 10.0 Å². The summed E-state index contributed by atoms with van der Waals surface area (Å²) >= 11 is 0. The number of benzene rings is 2. The van der Waals surface area contributed by atoms with Gasteiger partial charge in [-0.25, -0.2) is 0 Å². The van der Waals surface area contributed by atoms with Gasteiger partial charge in [-0.2, -0.15) is 0 Å². The molecule has 1 N–H and O–H groups in total. The van der Waals surface area contributed by atoms with E-state index >= 15 is 0 Å². The molecule has 2 aromatic carbocycles. The van der Waals surface area contributed by atoms with E-state index in [1.807, 2.05) is 0 Å². The van der Waals surface area contributed by atoms with E-state index in [9.17, 15) is 20.0 Å². The first-order chi connectivity index (χ1) is 10.1. The highest BCUT2D eigenvalue weighted by Crippen LogP contribution is 2.31. The summed E-state index contributed by atoms with van der Waals surface area (Å²) in [5.41, 5.74) is -0.146. The van der Waals surface area contributed by atoms with Crippen molar-refractivity contribution in [2.24, 2.45) is 0 Å². The first kappa shape index (κ1) is 12.9. The molecule has 0 saturated heterocycles. The molecule has 0 aliphatic rings. The standard InChI is InChI=1S/C15H9NO5/c17-13-11-6-1-2-7-12(11)21-15(14(13)18)9-4-3-5-10(8-9)16(19)20/h1-8,18H. The van der Waals surface area contributed by atoms with Crippen molar-refractivity contribution in [2.45, 2.75) is 0 Å². The van der Waals surface area contributed by atoms with Crippen molar-refractivity contribution in [3.8, 4) is 17.1 Å². The third-order valence-corrected chi connectivity index (χ3v) is 3.09. The Kier molecular flexibility index (Phi) is 2.91. The smallest absolute Gasteiger partial charge is 0.270 e. The maximum atomic E-state index is 12.1. The zero-order valence-corrected chi connectivity index (χ0v) is 10.6. The first-order valence-corrected chi connectivity index (χ1v) is 6.07. The zero-order chi connectivity index (χ0) is 15.0. The normalized spacial score (nSPS) is 10.7. The summed E-state index contributed by atoms with van der Waals surface area (Å²) in [6.07, 6.45) is 0. The Morgan fingerprint density at radius 3 is 2.62 bits per heavy atom. The molecule has 0 aliphatic carbocycles. The molecule has 0 unspecified atom stereocenters. The topological polar surface area (TPSA) is 93.6 Å². The molecule has 21 heavy (non-hydrogen) atoms. The Balaban J connectivity index is 2.30. The number of nitrogens with zero attached hydrogens (tertiary/aromatic N) is 1. The van der Waals surface area contributed by atoms with Crippen LogP contribution in [0.25, 0.3) is 22.3 Å². The minimum Gasteiger partial charge on any atom is -0.502 e. The van der Waals surface area contributed by atoms with Crippen LogP contribution in [0.15, 0.2) is 57.7 Å². The second kappa shape index (κ2) is 4.75. The van der Waals surface area contributed by atoms with Gasteiger partial charge in [0.1, 0.15) is 5.58 Å². The summed E-state index contributed by atoms with van der Waals surface area (Å²) in [6.45, 7) is 0. The summed E-state index contributed by atoms with van der Waals surface area (Å²) in [5.74, 6) is -0.642. The molecule has 6 nitrogen and oxygen atoms in total. The minimum atomic E-state index is -0.571. The van der Waals surface area contributed by atoms with E-state index < -0.39 is 16.1 Å². The van der Waals surface area contributed by atoms with Crippen LogP contribution in [0.2, 0.25) is 0 Å². The van der Waals surface area contributed by atoms with Gasteiger partial charge in [0.15, 0.2) is 5.76 Å². The monoisotopic (exact) mass is 283 g/mol. The molecule has 0 bridgehead atoms. The zero-order valence-electron chi connectivity index (χ0n) is 10.6. The highest BCUT2D eigenvalue weighted by atomic mass is 16.6. The number of non-ortho nitro benzene ring substituents is 1. The second-order valence-corrected chi connectivity index (χ2v) is 4.41. The van der Waals surface area contributed by atoms with Crippen molar-refractivity contribution in [3.05, 3.63) is 68.9 Å². The van der Waals surface area contributed by atoms with Crippen molar-refractivity contribution in [1.82, 2.24) is 0 Å². The van der Waals surface area contributed by atoms with Gasteiger partial charge in [-0.15, -0.1) is 0 Å². The molecule has 0 fully saturated rings. The van der Waals surface area contributed by atoms with Crippen LogP contribution in [0, 0.1) is 10.1 Å². The Bertz CT molecular complexity index is 913. The van der Waals surface area contributed by atoms with Gasteiger partial charge >= 0.3 is 0 Å². The van der Waals surface area contributed by atoms with Gasteiger partial charge in [-0.05, 0) is 12.1 Å². The Morgan fingerprint density at radius 2 is 1.86 bits per heavy atom. The number of aromatic hydroxyl groups is 1. The van der Waals surface area contributed by atoms with Crippen LogP contribution >= 0.6 is 0 Å². The van der Waals surface area contributed by atoms with Crippen molar-refractivity contribution in [3.63, 3.8) is 0 Å². The Morgan fingerprint density at radius 1 is 1.10 bits per heavy atom. The van der Waals surface area contributed by atoms with Crippen molar-refractivity contribution in [1.29, 1.82) is 0 Å². The Hall–Kier alpha value is -3.15. The predicted octanol–water partition coefficient (Wildman–Crippen LogP) is 3.07. The van der Waals surface area contributed by atoms with E-state index in [2.05, 4.69) is 0 Å². The largest absolute Gasteiger partial charge is 0.502 e. The number of hydrogen-bond donors (Lipinski definition) is 1. The fourth-order valence-corrected chi connectivity index (χ4v) is 2.09. The van der Waals surface area contributed by atoms with Crippen molar-refractivity contribution < 1.29 is 14.4 Å². The lowest BCUT2D eigenvalue weighted by atomic mass is 10.1. The highest BCUT2D eigenvalue weighted by molar-refractivity contribution is 5.81. The quantitative estimate of drug-likeness (QED) is 0.576. The number of para-hydroxylation sites is 1. The van der Waals surface area contributed by atoms with E-state index in [0.717, 1.165) is 0 Å². The Labute approximate surface area is 118 Å². The van der Waals surface area contributed by atoms with Crippen molar-refractivity contribution >= 4 is 16.7 Å². The molecule has 0 aliphatic heterocycles. The molecule has 104 valence electrons. The fraction of sp³-hybridized carbons (Fsp3) is 0. The third-order valence-electron chi connectivity index (χ3n) is 3.09. The van der Waals surface area contributed by atoms with Gasteiger partial charge in [0.25, 0.3) is 5.69 Å². The van der Waals surface area contributed by atoms with Gasteiger partial charge in [0.2, 0.25) is 11.2 Å². The number of fused-ring (bicyclic) bond motifs is 1. The van der Waals surface area contributed by atoms with Crippen LogP contribution in [0.3, 0.4) is 0 Å². The molecular weight excluding hydrogens is 274 g/mol. The van der Waals surface area contributed by atoms with Crippen LogP contribution in [0.1, 0.15) is 0 Å². The number of hydrogen-bond acceptors (Lipinski definition) is 5. The van der Waals surface area contributed by atoms with E-state index in [0.29, 0.717) is 5.58 Å². The first-order valence-electron chi connectivity index (χ1n) is 6.07. The lowest BCUT2D eigenvalue weighted by Crippen LogP contribution is -2.02. The van der Waals surface area contributed by atoms with Crippen LogP contribution in [-0.2, 0) is 0 Å². The lowest BCUT2D eigenvalue weighted by molar-refractivity contribution is -0.384. The molecule has 0 atom stereocenters. The number of rotatable bonds is 2. The molecule has 1 aromatic heterocycles. The van der Waals surface area contributed by atoms with Gasteiger partial charge in [0.05, 0.1) is 10.3 Å². The molecule has 0 radical (unpaired) electrons.